The molecule has 19 heavy (non-hydrogen) atoms. The second-order valence-electron chi connectivity index (χ2n) is 4.17. The number of hydrogen-bond acceptors (Lipinski definition) is 3. The fraction of sp³-hybridized carbons (Fsp3) is 0.143. The fourth-order valence-corrected chi connectivity index (χ4v) is 2.98. The van der Waals surface area contributed by atoms with Gasteiger partial charge in [0.1, 0.15) is 10.5 Å². The maximum absolute atomic E-state index is 12.9. The van der Waals surface area contributed by atoms with E-state index in [-0.39, 0.29) is 11.4 Å². The van der Waals surface area contributed by atoms with Crippen LogP contribution in [0.1, 0.15) is 6.92 Å². The lowest BCUT2D eigenvalue weighted by Gasteiger charge is -2.02. The Bertz CT molecular complexity index is 789. The molecule has 0 unspecified atom stereocenters. The van der Waals surface area contributed by atoms with E-state index in [0.717, 1.165) is 11.1 Å². The van der Waals surface area contributed by atoms with Crippen LogP contribution in [0.2, 0.25) is 0 Å². The van der Waals surface area contributed by atoms with Crippen molar-refractivity contribution in [2.45, 2.75) is 13.5 Å². The molecule has 0 radical (unpaired) electrons. The van der Waals surface area contributed by atoms with Gasteiger partial charge in [-0.1, -0.05) is 12.1 Å². The van der Waals surface area contributed by atoms with Crippen LogP contribution in [0.5, 0.6) is 0 Å². The number of aryl methyl sites for hydroxylation is 1. The summed E-state index contributed by atoms with van der Waals surface area (Å²) in [6, 6.07) is 6.21. The van der Waals surface area contributed by atoms with Crippen LogP contribution < -0.4 is 5.56 Å². The number of aromatic nitrogens is 2. The molecule has 0 amide bonds. The van der Waals surface area contributed by atoms with Crippen molar-refractivity contribution in [1.29, 1.82) is 0 Å². The molecule has 0 saturated carbocycles. The van der Waals surface area contributed by atoms with Crippen molar-refractivity contribution in [1.82, 2.24) is 9.55 Å². The van der Waals surface area contributed by atoms with Crippen LogP contribution in [0.25, 0.3) is 21.3 Å². The molecule has 0 saturated heterocycles. The second kappa shape index (κ2) is 4.59. The van der Waals surface area contributed by atoms with Crippen LogP contribution in [0.3, 0.4) is 0 Å². The number of thiophene rings is 1. The third-order valence-corrected chi connectivity index (χ3v) is 4.00. The maximum Gasteiger partial charge on any atom is 0.271 e. The zero-order valence-corrected chi connectivity index (χ0v) is 11.1. The molecular formula is C14H11FN2OS. The van der Waals surface area contributed by atoms with Gasteiger partial charge in [0.05, 0.1) is 11.8 Å². The van der Waals surface area contributed by atoms with Gasteiger partial charge in [0.25, 0.3) is 5.56 Å². The summed E-state index contributed by atoms with van der Waals surface area (Å²) >= 11 is 1.38. The zero-order chi connectivity index (χ0) is 13.4. The summed E-state index contributed by atoms with van der Waals surface area (Å²) in [5.74, 6) is -0.274. The molecular weight excluding hydrogens is 263 g/mol. The van der Waals surface area contributed by atoms with Gasteiger partial charge in [-0.05, 0) is 24.6 Å². The first-order chi connectivity index (χ1) is 9.20. The Hall–Kier alpha value is -2.01. The summed E-state index contributed by atoms with van der Waals surface area (Å²) in [5.41, 5.74) is 2.41. The van der Waals surface area contributed by atoms with Crippen molar-refractivity contribution < 1.29 is 4.39 Å². The van der Waals surface area contributed by atoms with Crippen molar-refractivity contribution in [3.8, 4) is 11.1 Å². The number of halogens is 1. The van der Waals surface area contributed by atoms with Gasteiger partial charge in [-0.25, -0.2) is 9.37 Å². The number of fused-ring (bicyclic) bond motifs is 1. The molecule has 3 rings (SSSR count). The van der Waals surface area contributed by atoms with Crippen LogP contribution >= 0.6 is 11.3 Å². The number of benzene rings is 1. The molecule has 0 aliphatic carbocycles. The zero-order valence-electron chi connectivity index (χ0n) is 10.3. The molecule has 2 aromatic heterocycles. The monoisotopic (exact) mass is 274 g/mol. The topological polar surface area (TPSA) is 34.9 Å². The lowest BCUT2D eigenvalue weighted by molar-refractivity contribution is 0.628. The summed E-state index contributed by atoms with van der Waals surface area (Å²) in [7, 11) is 0. The maximum atomic E-state index is 12.9. The molecule has 96 valence electrons. The standard InChI is InChI=1S/C14H11FN2OS/c1-2-17-8-16-12-11(7-19-13(12)14(17)18)9-3-5-10(15)6-4-9/h3-8H,2H2,1H3. The minimum atomic E-state index is -0.274. The average molecular weight is 274 g/mol. The molecule has 3 aromatic rings. The number of hydrogen-bond donors (Lipinski definition) is 0. The lowest BCUT2D eigenvalue weighted by Crippen LogP contribution is -2.18. The third-order valence-electron chi connectivity index (χ3n) is 3.04. The smallest absolute Gasteiger partial charge is 0.271 e. The Morgan fingerprint density at radius 3 is 2.74 bits per heavy atom. The van der Waals surface area contributed by atoms with Gasteiger partial charge in [-0.2, -0.15) is 0 Å². The molecule has 5 heteroatoms. The van der Waals surface area contributed by atoms with E-state index in [9.17, 15) is 9.18 Å². The molecule has 0 fully saturated rings. The van der Waals surface area contributed by atoms with Crippen LogP contribution in [-0.4, -0.2) is 9.55 Å². The SMILES string of the molecule is CCn1cnc2c(-c3ccc(F)cc3)csc2c1=O. The van der Waals surface area contributed by atoms with Crippen LogP contribution in [0, 0.1) is 5.82 Å². The number of nitrogens with zero attached hydrogens (tertiary/aromatic N) is 2. The van der Waals surface area contributed by atoms with Crippen molar-refractivity contribution in [2.75, 3.05) is 0 Å². The first kappa shape index (κ1) is 12.0. The van der Waals surface area contributed by atoms with Gasteiger partial charge >= 0.3 is 0 Å². The molecule has 2 heterocycles. The van der Waals surface area contributed by atoms with E-state index in [4.69, 9.17) is 0 Å². The minimum Gasteiger partial charge on any atom is -0.298 e. The van der Waals surface area contributed by atoms with E-state index in [1.54, 1.807) is 23.0 Å². The molecule has 0 N–H and O–H groups in total. The molecule has 0 aliphatic rings. The third kappa shape index (κ3) is 1.96. The summed E-state index contributed by atoms with van der Waals surface area (Å²) in [4.78, 5) is 16.5. The minimum absolute atomic E-state index is 0.0224. The van der Waals surface area contributed by atoms with Gasteiger partial charge in [-0.3, -0.25) is 9.36 Å². The van der Waals surface area contributed by atoms with Crippen molar-refractivity contribution >= 4 is 21.6 Å². The van der Waals surface area contributed by atoms with E-state index >= 15 is 0 Å². The fourth-order valence-electron chi connectivity index (χ4n) is 2.00. The Morgan fingerprint density at radius 2 is 2.05 bits per heavy atom. The number of rotatable bonds is 2. The summed E-state index contributed by atoms with van der Waals surface area (Å²) in [5, 5.41) is 1.90. The van der Waals surface area contributed by atoms with Crippen molar-refractivity contribution in [2.24, 2.45) is 0 Å². The Morgan fingerprint density at radius 1 is 1.32 bits per heavy atom. The van der Waals surface area contributed by atoms with Crippen LogP contribution in [0.4, 0.5) is 4.39 Å². The summed E-state index contributed by atoms with van der Waals surface area (Å²) in [6.45, 7) is 2.51. The highest BCUT2D eigenvalue weighted by Gasteiger charge is 2.11. The van der Waals surface area contributed by atoms with E-state index < -0.39 is 0 Å². The molecule has 0 bridgehead atoms. The van der Waals surface area contributed by atoms with E-state index in [1.807, 2.05) is 12.3 Å². The van der Waals surface area contributed by atoms with E-state index in [1.165, 1.54) is 23.5 Å². The van der Waals surface area contributed by atoms with Gasteiger partial charge in [0.15, 0.2) is 0 Å². The quantitative estimate of drug-likeness (QED) is 0.718. The van der Waals surface area contributed by atoms with Crippen LogP contribution in [-0.2, 0) is 6.54 Å². The molecule has 0 atom stereocenters. The van der Waals surface area contributed by atoms with Gasteiger partial charge in [-0.15, -0.1) is 11.3 Å². The summed E-state index contributed by atoms with van der Waals surface area (Å²) < 4.78 is 15.2. The van der Waals surface area contributed by atoms with Gasteiger partial charge in [0, 0.05) is 17.5 Å². The second-order valence-corrected chi connectivity index (χ2v) is 5.05. The Labute approximate surface area is 113 Å². The Kier molecular flexibility index (Phi) is 2.91. The predicted molar refractivity (Wildman–Crippen MR) is 74.9 cm³/mol. The predicted octanol–water partition coefficient (Wildman–Crippen LogP) is 3.28. The average Bonchev–Trinajstić information content (AvgIpc) is 2.85. The molecule has 1 aromatic carbocycles. The van der Waals surface area contributed by atoms with Gasteiger partial charge < -0.3 is 0 Å². The molecule has 0 aliphatic heterocycles. The van der Waals surface area contributed by atoms with Crippen LogP contribution in [0.15, 0.2) is 40.8 Å². The highest BCUT2D eigenvalue weighted by molar-refractivity contribution is 7.17. The Balaban J connectivity index is 2.24. The molecule has 3 nitrogen and oxygen atoms in total. The van der Waals surface area contributed by atoms with Gasteiger partial charge in [0.2, 0.25) is 0 Å². The normalized spacial score (nSPS) is 11.1. The van der Waals surface area contributed by atoms with E-state index in [2.05, 4.69) is 4.98 Å². The first-order valence-electron chi connectivity index (χ1n) is 5.93. The van der Waals surface area contributed by atoms with Crippen molar-refractivity contribution in [3.05, 3.63) is 52.1 Å². The first-order valence-corrected chi connectivity index (χ1v) is 6.81. The lowest BCUT2D eigenvalue weighted by atomic mass is 10.1. The highest BCUT2D eigenvalue weighted by atomic mass is 32.1. The highest BCUT2D eigenvalue weighted by Crippen LogP contribution is 2.30. The van der Waals surface area contributed by atoms with Crippen molar-refractivity contribution in [3.63, 3.8) is 0 Å². The summed E-state index contributed by atoms with van der Waals surface area (Å²) in [6.07, 6.45) is 1.56. The van der Waals surface area contributed by atoms with E-state index in [0.29, 0.717) is 16.8 Å². The molecule has 0 spiro atoms. The largest absolute Gasteiger partial charge is 0.298 e.